The highest BCUT2D eigenvalue weighted by molar-refractivity contribution is 7.07. The molecule has 0 aliphatic rings. The SMILES string of the molecule is CCOc1c(Cl)cc(C(=O)Nc2ccccc2OCc2cscn2)cc1OC. The second kappa shape index (κ2) is 9.43. The largest absolute Gasteiger partial charge is 0.493 e. The number of para-hydroxylation sites is 2. The van der Waals surface area contributed by atoms with Crippen LogP contribution in [0, 0.1) is 0 Å². The topological polar surface area (TPSA) is 69.7 Å². The summed E-state index contributed by atoms with van der Waals surface area (Å²) in [6.07, 6.45) is 0. The molecule has 0 saturated heterocycles. The number of anilines is 1. The summed E-state index contributed by atoms with van der Waals surface area (Å²) in [4.78, 5) is 16.9. The molecule has 0 spiro atoms. The van der Waals surface area contributed by atoms with Crippen LogP contribution in [0.4, 0.5) is 5.69 Å². The predicted octanol–water partition coefficient (Wildman–Crippen LogP) is 5.04. The van der Waals surface area contributed by atoms with Crippen molar-refractivity contribution in [1.82, 2.24) is 4.98 Å². The van der Waals surface area contributed by atoms with Gasteiger partial charge in [0.25, 0.3) is 5.91 Å². The number of methoxy groups -OCH3 is 1. The average Bonchev–Trinajstić information content (AvgIpc) is 3.22. The van der Waals surface area contributed by atoms with Crippen molar-refractivity contribution in [2.75, 3.05) is 19.0 Å². The van der Waals surface area contributed by atoms with E-state index < -0.39 is 0 Å². The lowest BCUT2D eigenvalue weighted by Gasteiger charge is -2.14. The second-order valence-corrected chi connectivity index (χ2v) is 6.77. The molecule has 0 unspecified atom stereocenters. The molecule has 3 rings (SSSR count). The fraction of sp³-hybridized carbons (Fsp3) is 0.200. The molecular formula is C20H19ClN2O4S. The fourth-order valence-corrected chi connectivity index (χ4v) is 3.29. The molecule has 2 aromatic carbocycles. The summed E-state index contributed by atoms with van der Waals surface area (Å²) >= 11 is 7.76. The molecule has 0 radical (unpaired) electrons. The zero-order chi connectivity index (χ0) is 19.9. The van der Waals surface area contributed by atoms with Gasteiger partial charge in [-0.25, -0.2) is 4.98 Å². The number of aromatic nitrogens is 1. The van der Waals surface area contributed by atoms with Gasteiger partial charge in [-0.15, -0.1) is 11.3 Å². The van der Waals surface area contributed by atoms with Crippen molar-refractivity contribution in [1.29, 1.82) is 0 Å². The summed E-state index contributed by atoms with van der Waals surface area (Å²) in [6, 6.07) is 10.3. The molecule has 0 fully saturated rings. The number of nitrogens with zero attached hydrogens (tertiary/aromatic N) is 1. The van der Waals surface area contributed by atoms with Crippen LogP contribution >= 0.6 is 22.9 Å². The maximum atomic E-state index is 12.8. The molecule has 0 saturated carbocycles. The molecular weight excluding hydrogens is 400 g/mol. The highest BCUT2D eigenvalue weighted by atomic mass is 35.5. The number of thiazole rings is 1. The molecule has 1 aromatic heterocycles. The van der Waals surface area contributed by atoms with Gasteiger partial charge in [-0.1, -0.05) is 23.7 Å². The van der Waals surface area contributed by atoms with Crippen molar-refractivity contribution in [2.45, 2.75) is 13.5 Å². The molecule has 0 aliphatic carbocycles. The standard InChI is InChI=1S/C20H19ClN2O4S/c1-3-26-19-15(21)8-13(9-18(19)25-2)20(24)23-16-6-4-5-7-17(16)27-10-14-11-28-12-22-14/h4-9,11-12H,3,10H2,1-2H3,(H,23,24). The number of hydrogen-bond acceptors (Lipinski definition) is 6. The fourth-order valence-electron chi connectivity index (χ4n) is 2.49. The zero-order valence-electron chi connectivity index (χ0n) is 15.4. The Balaban J connectivity index is 1.78. The number of amides is 1. The number of carbonyl (C=O) groups excluding carboxylic acids is 1. The Bertz CT molecular complexity index is 947. The highest BCUT2D eigenvalue weighted by Gasteiger charge is 2.17. The maximum absolute atomic E-state index is 12.8. The molecule has 3 aromatic rings. The summed E-state index contributed by atoms with van der Waals surface area (Å²) in [5.41, 5.74) is 3.47. The number of benzene rings is 2. The average molecular weight is 419 g/mol. The van der Waals surface area contributed by atoms with E-state index in [0.29, 0.717) is 46.7 Å². The Kier molecular flexibility index (Phi) is 6.73. The van der Waals surface area contributed by atoms with Crippen molar-refractivity contribution in [3.05, 3.63) is 63.6 Å². The highest BCUT2D eigenvalue weighted by Crippen LogP contribution is 2.37. The van der Waals surface area contributed by atoms with Crippen molar-refractivity contribution in [2.24, 2.45) is 0 Å². The second-order valence-electron chi connectivity index (χ2n) is 5.64. The first-order valence-electron chi connectivity index (χ1n) is 8.53. The maximum Gasteiger partial charge on any atom is 0.255 e. The molecule has 6 nitrogen and oxygen atoms in total. The van der Waals surface area contributed by atoms with E-state index >= 15 is 0 Å². The number of nitrogens with one attached hydrogen (secondary N) is 1. The van der Waals surface area contributed by atoms with Crippen molar-refractivity contribution >= 4 is 34.5 Å². The molecule has 8 heteroatoms. The van der Waals surface area contributed by atoms with Gasteiger partial charge in [-0.3, -0.25) is 4.79 Å². The summed E-state index contributed by atoms with van der Waals surface area (Å²) in [6.45, 7) is 2.60. The van der Waals surface area contributed by atoms with Gasteiger partial charge in [0.2, 0.25) is 0 Å². The van der Waals surface area contributed by atoms with Gasteiger partial charge >= 0.3 is 0 Å². The van der Waals surface area contributed by atoms with Gasteiger partial charge in [-0.05, 0) is 31.2 Å². The van der Waals surface area contributed by atoms with Gasteiger partial charge in [-0.2, -0.15) is 0 Å². The zero-order valence-corrected chi connectivity index (χ0v) is 17.0. The Morgan fingerprint density at radius 2 is 2.04 bits per heavy atom. The third kappa shape index (κ3) is 4.74. The van der Waals surface area contributed by atoms with E-state index in [4.69, 9.17) is 25.8 Å². The Labute approximate surface area is 172 Å². The van der Waals surface area contributed by atoms with Crippen LogP contribution < -0.4 is 19.5 Å². The lowest BCUT2D eigenvalue weighted by molar-refractivity contribution is 0.102. The predicted molar refractivity (Wildman–Crippen MR) is 110 cm³/mol. The van der Waals surface area contributed by atoms with Crippen LogP contribution in [-0.4, -0.2) is 24.6 Å². The number of hydrogen-bond donors (Lipinski definition) is 1. The minimum Gasteiger partial charge on any atom is -0.493 e. The molecule has 146 valence electrons. The van der Waals surface area contributed by atoms with Gasteiger partial charge in [0.15, 0.2) is 11.5 Å². The molecule has 1 N–H and O–H groups in total. The van der Waals surface area contributed by atoms with Crippen LogP contribution in [0.2, 0.25) is 5.02 Å². The van der Waals surface area contributed by atoms with Crippen molar-refractivity contribution < 1.29 is 19.0 Å². The minimum absolute atomic E-state index is 0.305. The van der Waals surface area contributed by atoms with Crippen LogP contribution in [0.5, 0.6) is 17.2 Å². The van der Waals surface area contributed by atoms with Crippen molar-refractivity contribution in [3.63, 3.8) is 0 Å². The number of carbonyl (C=O) groups is 1. The Morgan fingerprint density at radius 3 is 2.75 bits per heavy atom. The van der Waals surface area contributed by atoms with Crippen LogP contribution in [0.3, 0.4) is 0 Å². The van der Waals surface area contributed by atoms with Crippen LogP contribution in [0.25, 0.3) is 0 Å². The van der Waals surface area contributed by atoms with Gasteiger partial charge in [0.1, 0.15) is 12.4 Å². The van der Waals surface area contributed by atoms with Crippen molar-refractivity contribution in [3.8, 4) is 17.2 Å². The van der Waals surface area contributed by atoms with E-state index in [1.807, 2.05) is 24.4 Å². The molecule has 1 amide bonds. The number of halogens is 1. The summed E-state index contributed by atoms with van der Waals surface area (Å²) in [7, 11) is 1.50. The first kappa shape index (κ1) is 20.0. The molecule has 0 atom stereocenters. The summed E-state index contributed by atoms with van der Waals surface area (Å²) in [5, 5.41) is 5.07. The summed E-state index contributed by atoms with van der Waals surface area (Å²) < 4.78 is 16.6. The minimum atomic E-state index is -0.340. The number of ether oxygens (including phenoxy) is 3. The Morgan fingerprint density at radius 1 is 1.21 bits per heavy atom. The van der Waals surface area contributed by atoms with E-state index in [9.17, 15) is 4.79 Å². The summed E-state index contributed by atoms with van der Waals surface area (Å²) in [5.74, 6) is 1.02. The van der Waals surface area contributed by atoms with E-state index in [1.165, 1.54) is 18.4 Å². The molecule has 0 aliphatic heterocycles. The number of rotatable bonds is 8. The van der Waals surface area contributed by atoms with Crippen LogP contribution in [0.15, 0.2) is 47.3 Å². The quantitative estimate of drug-likeness (QED) is 0.555. The van der Waals surface area contributed by atoms with E-state index in [0.717, 1.165) is 5.69 Å². The first-order valence-corrected chi connectivity index (χ1v) is 9.85. The van der Waals surface area contributed by atoms with E-state index in [1.54, 1.807) is 29.8 Å². The lowest BCUT2D eigenvalue weighted by Crippen LogP contribution is -2.13. The lowest BCUT2D eigenvalue weighted by atomic mass is 10.1. The molecule has 0 bridgehead atoms. The third-order valence-electron chi connectivity index (χ3n) is 3.77. The normalized spacial score (nSPS) is 10.4. The molecule has 28 heavy (non-hydrogen) atoms. The van der Waals surface area contributed by atoms with Gasteiger partial charge in [0, 0.05) is 10.9 Å². The third-order valence-corrected chi connectivity index (χ3v) is 4.69. The molecule has 1 heterocycles. The van der Waals surface area contributed by atoms with E-state index in [2.05, 4.69) is 10.3 Å². The van der Waals surface area contributed by atoms with Crippen LogP contribution in [-0.2, 0) is 6.61 Å². The smallest absolute Gasteiger partial charge is 0.255 e. The monoisotopic (exact) mass is 418 g/mol. The Hall–Kier alpha value is -2.77. The first-order chi connectivity index (χ1) is 13.6. The van der Waals surface area contributed by atoms with Crippen LogP contribution in [0.1, 0.15) is 23.0 Å². The van der Waals surface area contributed by atoms with E-state index in [-0.39, 0.29) is 5.91 Å². The van der Waals surface area contributed by atoms with Gasteiger partial charge < -0.3 is 19.5 Å². The van der Waals surface area contributed by atoms with Gasteiger partial charge in [0.05, 0.1) is 35.6 Å².